The zero-order valence-corrected chi connectivity index (χ0v) is 54.0. The molecule has 0 aromatic rings. The average Bonchev–Trinajstić information content (AvgIpc) is 3.31. The van der Waals surface area contributed by atoms with Crippen LogP contribution in [0.1, 0.15) is 364 Å². The fourth-order valence-corrected chi connectivity index (χ4v) is 14.7. The van der Waals surface area contributed by atoms with E-state index in [4.69, 9.17) is 0 Å². The Hall–Kier alpha value is 0. The second kappa shape index (κ2) is 40.2. The van der Waals surface area contributed by atoms with Crippen LogP contribution < -0.4 is 0 Å². The molecular formula is C71H144. The van der Waals surface area contributed by atoms with Crippen molar-refractivity contribution in [1.29, 1.82) is 0 Å². The molecule has 0 heteroatoms. The van der Waals surface area contributed by atoms with Gasteiger partial charge in [-0.05, 0) is 151 Å². The van der Waals surface area contributed by atoms with Crippen LogP contribution in [0.4, 0.5) is 0 Å². The average molecular weight is 998 g/mol. The van der Waals surface area contributed by atoms with E-state index in [0.29, 0.717) is 16.2 Å². The predicted molar refractivity (Wildman–Crippen MR) is 329 cm³/mol. The molecule has 0 saturated heterocycles. The molecule has 10 unspecified atom stereocenters. The fourth-order valence-electron chi connectivity index (χ4n) is 14.7. The van der Waals surface area contributed by atoms with Crippen LogP contribution in [0.5, 0.6) is 0 Å². The molecule has 5 aliphatic carbocycles. The third-order valence-electron chi connectivity index (χ3n) is 20.2. The molecule has 428 valence electrons. The highest BCUT2D eigenvalue weighted by Crippen LogP contribution is 2.50. The first-order valence-electron chi connectivity index (χ1n) is 33.4. The highest BCUT2D eigenvalue weighted by Gasteiger charge is 2.38. The van der Waals surface area contributed by atoms with E-state index in [-0.39, 0.29) is 0 Å². The van der Waals surface area contributed by atoms with Gasteiger partial charge < -0.3 is 0 Å². The van der Waals surface area contributed by atoms with Crippen LogP contribution in [0, 0.1) is 93.2 Å². The van der Waals surface area contributed by atoms with E-state index in [1.54, 1.807) is 12.8 Å². The van der Waals surface area contributed by atoms with Gasteiger partial charge in [0.1, 0.15) is 0 Å². The second-order valence-electron chi connectivity index (χ2n) is 29.7. The summed E-state index contributed by atoms with van der Waals surface area (Å²) in [6, 6.07) is 0. The van der Waals surface area contributed by atoms with Gasteiger partial charge in [0.15, 0.2) is 0 Å². The molecule has 0 radical (unpaired) electrons. The van der Waals surface area contributed by atoms with Crippen LogP contribution in [0.15, 0.2) is 0 Å². The van der Waals surface area contributed by atoms with E-state index in [2.05, 4.69) is 145 Å². The highest BCUT2D eigenvalue weighted by molar-refractivity contribution is 4.89. The van der Waals surface area contributed by atoms with E-state index in [1.165, 1.54) is 205 Å². The standard InChI is InChI=1S/C17H32.C15H28.C12H24.C11H24.2C8H18/c1-12-5-7-16(9-14(12)3)11-17-8-6-13(2)15(4)10-17;1-12-3-7-14(8-4-12)11-15-9-5-13(2)6-10-15;1-6-12(5)8-10(2)7-11(3,4)9-12;1-6-8-11(4,5)9-10(3)7-2;1-4-6-7-8(3)5-2;1-3-5-7-8-6-4-2/h12-17H,5-11H2,1-4H3;12-15H,3-11H2,1-2H3;10H,6-9H2,1-5H3;10H,6-9H2,1-5H3;8H,4-7H2,1-3H3;3-8H2,1-2H3. The zero-order valence-electron chi connectivity index (χ0n) is 54.0. The smallest absolute Gasteiger partial charge is 0.0321 e. The summed E-state index contributed by atoms with van der Waals surface area (Å²) < 4.78 is 0. The van der Waals surface area contributed by atoms with Gasteiger partial charge in [-0.1, -0.05) is 306 Å². The van der Waals surface area contributed by atoms with Crippen LogP contribution in [0.25, 0.3) is 0 Å². The Labute approximate surface area is 454 Å². The lowest BCUT2D eigenvalue weighted by Gasteiger charge is -2.45. The fraction of sp³-hybridized carbons (Fsp3) is 1.00. The molecule has 0 aliphatic heterocycles. The van der Waals surface area contributed by atoms with Crippen molar-refractivity contribution in [2.24, 2.45) is 93.2 Å². The summed E-state index contributed by atoms with van der Waals surface area (Å²) in [4.78, 5) is 0. The Kier molecular flexibility index (Phi) is 40.2. The minimum atomic E-state index is 0.574. The topological polar surface area (TPSA) is 0 Å². The third kappa shape index (κ3) is 35.9. The van der Waals surface area contributed by atoms with Crippen LogP contribution in [0.2, 0.25) is 0 Å². The normalized spacial score (nSPS) is 32.5. The first-order valence-corrected chi connectivity index (χ1v) is 33.4. The van der Waals surface area contributed by atoms with Crippen LogP contribution in [-0.4, -0.2) is 0 Å². The number of rotatable bonds is 19. The largest absolute Gasteiger partial charge is 0.0654 e. The third-order valence-corrected chi connectivity index (χ3v) is 20.2. The summed E-state index contributed by atoms with van der Waals surface area (Å²) in [6.07, 6.45) is 49.4. The van der Waals surface area contributed by atoms with Crippen molar-refractivity contribution in [3.63, 3.8) is 0 Å². The maximum absolute atomic E-state index is 2.47. The van der Waals surface area contributed by atoms with E-state index in [9.17, 15) is 0 Å². The molecule has 0 N–H and O–H groups in total. The summed E-state index contributed by atoms with van der Waals surface area (Å²) in [5, 5.41) is 0. The van der Waals surface area contributed by atoms with Gasteiger partial charge >= 0.3 is 0 Å². The minimum Gasteiger partial charge on any atom is -0.0654 e. The Morgan fingerprint density at radius 3 is 1.20 bits per heavy atom. The predicted octanol–water partition coefficient (Wildman–Crippen LogP) is 25.6. The molecule has 0 nitrogen and oxygen atoms in total. The molecule has 0 aromatic heterocycles. The number of unbranched alkanes of at least 4 members (excludes halogenated alkanes) is 6. The first-order chi connectivity index (χ1) is 33.4. The van der Waals surface area contributed by atoms with Gasteiger partial charge in [0.25, 0.3) is 0 Å². The molecule has 10 atom stereocenters. The summed E-state index contributed by atoms with van der Waals surface area (Å²) in [5.41, 5.74) is 1.79. The van der Waals surface area contributed by atoms with Crippen molar-refractivity contribution in [2.75, 3.05) is 0 Å². The van der Waals surface area contributed by atoms with Crippen molar-refractivity contribution in [3.05, 3.63) is 0 Å². The molecule has 0 heterocycles. The van der Waals surface area contributed by atoms with E-state index in [1.807, 2.05) is 0 Å². The Bertz CT molecular complexity index is 1110. The Morgan fingerprint density at radius 2 is 0.845 bits per heavy atom. The lowest BCUT2D eigenvalue weighted by atomic mass is 9.60. The van der Waals surface area contributed by atoms with Crippen molar-refractivity contribution in [2.45, 2.75) is 364 Å². The van der Waals surface area contributed by atoms with Crippen molar-refractivity contribution >= 4 is 0 Å². The molecular weight excluding hydrogens is 853 g/mol. The van der Waals surface area contributed by atoms with Gasteiger partial charge in [-0.3, -0.25) is 0 Å². The molecule has 0 bridgehead atoms. The van der Waals surface area contributed by atoms with Gasteiger partial charge in [0, 0.05) is 0 Å². The lowest BCUT2D eigenvalue weighted by molar-refractivity contribution is 0.0581. The summed E-state index contributed by atoms with van der Waals surface area (Å²) in [5.74, 6) is 13.1. The Balaban J connectivity index is 0.000000848. The maximum Gasteiger partial charge on any atom is -0.0321 e. The molecule has 5 saturated carbocycles. The SMILES string of the molecule is CC1CCC(CC2CCC(C)C(C)C2)CC1C.CC1CCC(CC2CCC(C)CC2)CC1.CCC1(C)CC(C)CC(C)(C)C1.CCCC(C)(C)CC(C)CC.CCCCC(C)CC.CCCCCCCC. The van der Waals surface area contributed by atoms with Gasteiger partial charge in [-0.2, -0.15) is 0 Å². The molecule has 5 aliphatic rings. The molecule has 0 amide bonds. The summed E-state index contributed by atoms with van der Waals surface area (Å²) >= 11 is 0. The lowest BCUT2D eigenvalue weighted by Crippen LogP contribution is -2.34. The minimum absolute atomic E-state index is 0.574. The molecule has 0 spiro atoms. The Morgan fingerprint density at radius 1 is 0.437 bits per heavy atom. The molecule has 71 heavy (non-hydrogen) atoms. The van der Waals surface area contributed by atoms with Crippen molar-refractivity contribution < 1.29 is 0 Å². The van der Waals surface area contributed by atoms with Crippen LogP contribution in [-0.2, 0) is 0 Å². The molecule has 5 fully saturated rings. The maximum atomic E-state index is 2.47. The van der Waals surface area contributed by atoms with Crippen molar-refractivity contribution in [1.82, 2.24) is 0 Å². The first kappa shape index (κ1) is 71.0. The van der Waals surface area contributed by atoms with Gasteiger partial charge in [0.2, 0.25) is 0 Å². The van der Waals surface area contributed by atoms with Gasteiger partial charge in [-0.25, -0.2) is 0 Å². The van der Waals surface area contributed by atoms with E-state index >= 15 is 0 Å². The van der Waals surface area contributed by atoms with E-state index in [0.717, 1.165) is 76.9 Å². The van der Waals surface area contributed by atoms with Crippen LogP contribution >= 0.6 is 0 Å². The van der Waals surface area contributed by atoms with Gasteiger partial charge in [-0.15, -0.1) is 0 Å². The molecule has 0 aromatic carbocycles. The van der Waals surface area contributed by atoms with Crippen LogP contribution in [0.3, 0.4) is 0 Å². The monoisotopic (exact) mass is 997 g/mol. The van der Waals surface area contributed by atoms with E-state index < -0.39 is 0 Å². The summed E-state index contributed by atoms with van der Waals surface area (Å²) in [7, 11) is 0. The quantitative estimate of drug-likeness (QED) is 0.113. The van der Waals surface area contributed by atoms with Gasteiger partial charge in [0.05, 0.1) is 0 Å². The second-order valence-corrected chi connectivity index (χ2v) is 29.7. The summed E-state index contributed by atoms with van der Waals surface area (Å²) in [6.45, 7) is 49.8. The molecule has 5 rings (SSSR count). The zero-order chi connectivity index (χ0) is 54.0. The highest BCUT2D eigenvalue weighted by atomic mass is 14.4. The van der Waals surface area contributed by atoms with Crippen molar-refractivity contribution in [3.8, 4) is 0 Å². The number of hydrogen-bond donors (Lipinski definition) is 0. The number of hydrogen-bond acceptors (Lipinski definition) is 0.